The van der Waals surface area contributed by atoms with Gasteiger partial charge in [-0.05, 0) is 116 Å². The number of pyridine rings is 3. The number of benzene rings is 2. The first-order valence-corrected chi connectivity index (χ1v) is 20.8. The Morgan fingerprint density at radius 2 is 1.43 bits per heavy atom. The second kappa shape index (κ2) is 12.7. The van der Waals surface area contributed by atoms with E-state index < -0.39 is 11.1 Å². The number of ether oxygens (including phenoxy) is 2. The first kappa shape index (κ1) is 39.8. The Morgan fingerprint density at radius 3 is 2.10 bits per heavy atom. The van der Waals surface area contributed by atoms with Crippen molar-refractivity contribution in [2.75, 3.05) is 4.90 Å². The van der Waals surface area contributed by atoms with Crippen LogP contribution in [-0.4, -0.2) is 26.5 Å². The number of hydrogen-bond acceptors (Lipinski definition) is 7. The molecule has 3 aromatic heterocycles. The maximum Gasteiger partial charge on any atom is 0.221 e. The van der Waals surface area contributed by atoms with Crippen molar-refractivity contribution < 1.29 is 9.47 Å². The second-order valence-corrected chi connectivity index (χ2v) is 21.0. The zero-order valence-corrected chi connectivity index (χ0v) is 37.6. The van der Waals surface area contributed by atoms with Gasteiger partial charge in [0.2, 0.25) is 11.8 Å². The van der Waals surface area contributed by atoms with Crippen molar-refractivity contribution in [1.82, 2.24) is 15.0 Å². The van der Waals surface area contributed by atoms with Gasteiger partial charge in [0.05, 0.1) is 17.1 Å². The minimum Gasteiger partial charge on any atom is -0.467 e. The van der Waals surface area contributed by atoms with Gasteiger partial charge in [-0.1, -0.05) is 88.3 Å². The van der Waals surface area contributed by atoms with E-state index in [1.54, 1.807) is 0 Å². The van der Waals surface area contributed by atoms with E-state index in [0.717, 1.165) is 56.5 Å². The van der Waals surface area contributed by atoms with E-state index in [0.29, 0.717) is 23.9 Å². The molecule has 5 heterocycles. The fourth-order valence-corrected chi connectivity index (χ4v) is 9.44. The largest absolute Gasteiger partial charge is 0.467 e. The van der Waals surface area contributed by atoms with E-state index in [2.05, 4.69) is 163 Å². The van der Waals surface area contributed by atoms with Crippen LogP contribution >= 0.6 is 0 Å². The van der Waals surface area contributed by atoms with Crippen molar-refractivity contribution in [3.63, 3.8) is 0 Å². The summed E-state index contributed by atoms with van der Waals surface area (Å²) in [6.45, 7) is 35.5. The lowest BCUT2D eigenvalue weighted by atomic mass is 9.66. The van der Waals surface area contributed by atoms with E-state index in [4.69, 9.17) is 29.4 Å². The molecule has 3 aliphatic rings. The van der Waals surface area contributed by atoms with Crippen LogP contribution in [-0.2, 0) is 32.9 Å². The van der Waals surface area contributed by atoms with Crippen molar-refractivity contribution in [1.29, 1.82) is 0 Å². The van der Waals surface area contributed by atoms with Crippen LogP contribution in [0.3, 0.4) is 0 Å². The van der Waals surface area contributed by atoms with Gasteiger partial charge in [0.1, 0.15) is 17.1 Å². The minimum absolute atomic E-state index is 0.00851. The molecule has 0 N–H and O–H groups in total. The van der Waals surface area contributed by atoms with E-state index in [1.807, 2.05) is 19.2 Å². The summed E-state index contributed by atoms with van der Waals surface area (Å²) in [5.41, 5.74) is 12.4. The highest BCUT2D eigenvalue weighted by Gasteiger charge is 2.67. The molecule has 0 saturated heterocycles. The molecule has 302 valence electrons. The molecule has 0 saturated carbocycles. The van der Waals surface area contributed by atoms with Gasteiger partial charge in [-0.2, -0.15) is 0 Å². The summed E-state index contributed by atoms with van der Waals surface area (Å²) < 4.78 is 14.1. The van der Waals surface area contributed by atoms with Crippen molar-refractivity contribution in [3.8, 4) is 11.6 Å². The molecule has 58 heavy (non-hydrogen) atoms. The number of fused-ring (bicyclic) bond motifs is 5. The summed E-state index contributed by atoms with van der Waals surface area (Å²) in [5, 5.41) is 0. The standard InChI is InChI=1S/C51H61N5O2/c1-29-19-40-44(52-28-29)56(42-18-17-34(46(5,6)7)25-39(42)49(40,14)15)36-21-31(3)53-43(26-36)57-37-23-33(22-35(24-37)47(8,9)10)45-55-50(16)38-20-30(2)32(4)54-41(38)27-51(50,58-45)48(11,12)13/h17-26,28H,27H2,1-16H3/t50-,51-/m1/s1. The number of nitrogens with zero attached hydrogens (tertiary/aromatic N) is 5. The third-order valence-electron chi connectivity index (χ3n) is 13.2. The number of aliphatic imine (C=N–C) groups is 1. The summed E-state index contributed by atoms with van der Waals surface area (Å²) >= 11 is 0. The zero-order valence-electron chi connectivity index (χ0n) is 37.6. The van der Waals surface area contributed by atoms with Crippen LogP contribution in [0, 0.1) is 33.1 Å². The van der Waals surface area contributed by atoms with Crippen molar-refractivity contribution >= 4 is 23.1 Å². The van der Waals surface area contributed by atoms with Crippen molar-refractivity contribution in [3.05, 3.63) is 128 Å². The summed E-state index contributed by atoms with van der Waals surface area (Å²) in [6.07, 6.45) is 2.66. The van der Waals surface area contributed by atoms with Crippen LogP contribution in [0.2, 0.25) is 0 Å². The van der Waals surface area contributed by atoms with Crippen LogP contribution in [0.25, 0.3) is 0 Å². The normalized spacial score (nSPS) is 20.8. The van der Waals surface area contributed by atoms with E-state index in [1.165, 1.54) is 22.3 Å². The topological polar surface area (TPSA) is 72.7 Å². The average Bonchev–Trinajstić information content (AvgIpc) is 3.54. The molecule has 2 aromatic carbocycles. The predicted molar refractivity (Wildman–Crippen MR) is 237 cm³/mol. The molecule has 2 aliphatic heterocycles. The molecular weight excluding hydrogens is 715 g/mol. The molecule has 1 aliphatic carbocycles. The predicted octanol–water partition coefficient (Wildman–Crippen LogP) is 12.6. The van der Waals surface area contributed by atoms with Gasteiger partial charge in [-0.25, -0.2) is 15.0 Å². The Bertz CT molecular complexity index is 2550. The zero-order chi connectivity index (χ0) is 42.1. The lowest BCUT2D eigenvalue weighted by molar-refractivity contribution is -0.0675. The van der Waals surface area contributed by atoms with Crippen molar-refractivity contribution in [2.24, 2.45) is 10.4 Å². The lowest BCUT2D eigenvalue weighted by Gasteiger charge is -2.45. The molecule has 8 rings (SSSR count). The smallest absolute Gasteiger partial charge is 0.221 e. The minimum atomic E-state index is -0.608. The maximum atomic E-state index is 7.23. The number of anilines is 3. The first-order chi connectivity index (χ1) is 26.8. The van der Waals surface area contributed by atoms with Gasteiger partial charge < -0.3 is 9.47 Å². The Balaban J connectivity index is 1.24. The summed E-state index contributed by atoms with van der Waals surface area (Å²) in [4.78, 5) is 22.9. The van der Waals surface area contributed by atoms with Crippen LogP contribution in [0.15, 0.2) is 71.9 Å². The molecular formula is C51H61N5O2. The number of rotatable bonds is 4. The fraction of sp³-hybridized carbons (Fsp3) is 0.451. The monoisotopic (exact) mass is 775 g/mol. The van der Waals surface area contributed by atoms with Crippen LogP contribution in [0.5, 0.6) is 11.6 Å². The Hall–Kier alpha value is -5.04. The Labute approximate surface area is 346 Å². The van der Waals surface area contributed by atoms with Gasteiger partial charge in [0.15, 0.2) is 5.60 Å². The molecule has 0 spiro atoms. The van der Waals surface area contributed by atoms with E-state index in [-0.39, 0.29) is 21.7 Å². The van der Waals surface area contributed by atoms with Gasteiger partial charge in [-0.3, -0.25) is 9.88 Å². The number of hydrogen-bond donors (Lipinski definition) is 0. The third-order valence-corrected chi connectivity index (χ3v) is 13.2. The molecule has 7 heteroatoms. The molecule has 0 bridgehead atoms. The highest BCUT2D eigenvalue weighted by Crippen LogP contribution is 2.60. The second-order valence-electron chi connectivity index (χ2n) is 21.0. The summed E-state index contributed by atoms with van der Waals surface area (Å²) in [5.74, 6) is 2.75. The number of aromatic nitrogens is 3. The average molecular weight is 776 g/mol. The lowest BCUT2D eigenvalue weighted by Crippen LogP contribution is -2.54. The summed E-state index contributed by atoms with van der Waals surface area (Å²) in [6, 6.07) is 22.0. The van der Waals surface area contributed by atoms with Gasteiger partial charge >= 0.3 is 0 Å². The van der Waals surface area contributed by atoms with Gasteiger partial charge in [0.25, 0.3) is 0 Å². The molecule has 2 atom stereocenters. The molecule has 0 amide bonds. The van der Waals surface area contributed by atoms with Gasteiger partial charge in [-0.15, -0.1) is 0 Å². The molecule has 7 nitrogen and oxygen atoms in total. The highest BCUT2D eigenvalue weighted by molar-refractivity contribution is 5.97. The molecule has 0 radical (unpaired) electrons. The molecule has 5 aromatic rings. The van der Waals surface area contributed by atoms with Crippen LogP contribution < -0.4 is 9.64 Å². The van der Waals surface area contributed by atoms with E-state index >= 15 is 0 Å². The van der Waals surface area contributed by atoms with Crippen LogP contribution in [0.4, 0.5) is 17.2 Å². The van der Waals surface area contributed by atoms with E-state index in [9.17, 15) is 0 Å². The maximum absolute atomic E-state index is 7.23. The van der Waals surface area contributed by atoms with Crippen molar-refractivity contribution in [2.45, 2.75) is 145 Å². The van der Waals surface area contributed by atoms with Crippen LogP contribution in [0.1, 0.15) is 145 Å². The summed E-state index contributed by atoms with van der Waals surface area (Å²) in [7, 11) is 0. The first-order valence-electron chi connectivity index (χ1n) is 20.8. The Kier molecular flexibility index (Phi) is 8.73. The Morgan fingerprint density at radius 1 is 0.724 bits per heavy atom. The quantitative estimate of drug-likeness (QED) is 0.181. The fourth-order valence-electron chi connectivity index (χ4n) is 9.44. The highest BCUT2D eigenvalue weighted by atomic mass is 16.5. The molecule has 0 unspecified atom stereocenters. The van der Waals surface area contributed by atoms with Gasteiger partial charge in [0, 0.05) is 57.6 Å². The SMILES string of the molecule is Cc1cnc2c(c1)C(C)(C)c1cc(C(C)(C)C)ccc1N2c1cc(C)nc(Oc2cc(C3=N[C@]4(C)c5cc(C)c(C)nc5C[C@]4(C(C)(C)C)O3)cc(C(C)(C)C)c2)c1. The number of aryl methyl sites for hydroxylation is 4. The molecule has 0 fully saturated rings. The third kappa shape index (κ3) is 6.14.